The maximum absolute atomic E-state index is 13.2. The van der Waals surface area contributed by atoms with Gasteiger partial charge in [0.25, 0.3) is 5.91 Å². The van der Waals surface area contributed by atoms with Gasteiger partial charge in [-0.25, -0.2) is 0 Å². The average molecular weight is 406 g/mol. The number of carbonyl (C=O) groups is 1. The molecule has 2 heterocycles. The summed E-state index contributed by atoms with van der Waals surface area (Å²) in [5.74, 6) is 1.00. The summed E-state index contributed by atoms with van der Waals surface area (Å²) in [5.41, 5.74) is 3.58. The van der Waals surface area contributed by atoms with Crippen LogP contribution in [0.25, 0.3) is 0 Å². The topological polar surface area (TPSA) is 29.5 Å². The van der Waals surface area contributed by atoms with E-state index in [2.05, 4.69) is 48.2 Å². The van der Waals surface area contributed by atoms with Gasteiger partial charge in [-0.3, -0.25) is 4.79 Å². The van der Waals surface area contributed by atoms with Gasteiger partial charge < -0.3 is 9.64 Å². The first-order valence-electron chi connectivity index (χ1n) is 10.4. The molecule has 1 aliphatic heterocycles. The van der Waals surface area contributed by atoms with E-state index in [4.69, 9.17) is 4.74 Å². The Morgan fingerprint density at radius 2 is 1.86 bits per heavy atom. The van der Waals surface area contributed by atoms with Crippen LogP contribution in [-0.2, 0) is 13.0 Å². The van der Waals surface area contributed by atoms with Gasteiger partial charge in [0.1, 0.15) is 12.4 Å². The SMILES string of the molecule is CCc1ccc(OCc2csc(C(=O)N3CCCCC3c3ccccc3)c2)cc1. The third kappa shape index (κ3) is 4.70. The lowest BCUT2D eigenvalue weighted by Gasteiger charge is -2.36. The smallest absolute Gasteiger partial charge is 0.264 e. The van der Waals surface area contributed by atoms with E-state index in [9.17, 15) is 4.79 Å². The Hall–Kier alpha value is -2.59. The molecular weight excluding hydrogens is 378 g/mol. The second-order valence-corrected chi connectivity index (χ2v) is 8.44. The van der Waals surface area contributed by atoms with E-state index >= 15 is 0 Å². The van der Waals surface area contributed by atoms with E-state index < -0.39 is 0 Å². The van der Waals surface area contributed by atoms with E-state index in [-0.39, 0.29) is 11.9 Å². The Morgan fingerprint density at radius 3 is 2.62 bits per heavy atom. The zero-order valence-corrected chi connectivity index (χ0v) is 17.7. The predicted molar refractivity (Wildman–Crippen MR) is 119 cm³/mol. The molecule has 4 heteroatoms. The maximum atomic E-state index is 13.2. The van der Waals surface area contributed by atoms with Crippen LogP contribution in [0, 0.1) is 0 Å². The normalized spacial score (nSPS) is 16.6. The van der Waals surface area contributed by atoms with Gasteiger partial charge in [0.05, 0.1) is 10.9 Å². The summed E-state index contributed by atoms with van der Waals surface area (Å²) in [4.78, 5) is 16.1. The molecule has 0 N–H and O–H groups in total. The van der Waals surface area contributed by atoms with Crippen LogP contribution < -0.4 is 4.74 Å². The lowest BCUT2D eigenvalue weighted by molar-refractivity contribution is 0.0616. The molecule has 29 heavy (non-hydrogen) atoms. The summed E-state index contributed by atoms with van der Waals surface area (Å²) in [6.45, 7) is 3.45. The molecule has 0 aliphatic carbocycles. The average Bonchev–Trinajstić information content (AvgIpc) is 3.27. The number of amides is 1. The lowest BCUT2D eigenvalue weighted by atomic mass is 9.95. The zero-order valence-electron chi connectivity index (χ0n) is 16.8. The summed E-state index contributed by atoms with van der Waals surface area (Å²) >= 11 is 1.52. The first-order chi connectivity index (χ1) is 14.2. The molecule has 4 rings (SSSR count). The number of hydrogen-bond acceptors (Lipinski definition) is 3. The molecule has 3 aromatic rings. The van der Waals surface area contributed by atoms with Gasteiger partial charge in [-0.1, -0.05) is 49.4 Å². The minimum absolute atomic E-state index is 0.141. The lowest BCUT2D eigenvalue weighted by Crippen LogP contribution is -2.38. The van der Waals surface area contributed by atoms with Gasteiger partial charge in [0.2, 0.25) is 0 Å². The molecule has 0 spiro atoms. The fraction of sp³-hybridized carbons (Fsp3) is 0.320. The van der Waals surface area contributed by atoms with Crippen molar-refractivity contribution in [1.29, 1.82) is 0 Å². The van der Waals surface area contributed by atoms with Crippen molar-refractivity contribution in [3.05, 3.63) is 87.6 Å². The highest BCUT2D eigenvalue weighted by atomic mass is 32.1. The van der Waals surface area contributed by atoms with Crippen LogP contribution in [0.5, 0.6) is 5.75 Å². The molecule has 1 aromatic heterocycles. The van der Waals surface area contributed by atoms with Crippen LogP contribution in [-0.4, -0.2) is 17.4 Å². The molecule has 2 aromatic carbocycles. The fourth-order valence-corrected chi connectivity index (χ4v) is 4.74. The molecule has 1 fully saturated rings. The molecule has 0 radical (unpaired) electrons. The van der Waals surface area contributed by atoms with E-state index in [0.717, 1.165) is 42.0 Å². The van der Waals surface area contributed by atoms with Crippen LogP contribution in [0.3, 0.4) is 0 Å². The summed E-state index contributed by atoms with van der Waals surface area (Å²) in [6, 6.07) is 20.8. The summed E-state index contributed by atoms with van der Waals surface area (Å²) in [6.07, 6.45) is 4.30. The molecule has 1 saturated heterocycles. The Kier molecular flexibility index (Phi) is 6.30. The van der Waals surface area contributed by atoms with E-state index in [1.54, 1.807) is 0 Å². The first-order valence-corrected chi connectivity index (χ1v) is 11.3. The van der Waals surface area contributed by atoms with Crippen molar-refractivity contribution in [2.24, 2.45) is 0 Å². The van der Waals surface area contributed by atoms with E-state index in [1.165, 1.54) is 28.9 Å². The predicted octanol–water partition coefficient (Wildman–Crippen LogP) is 6.26. The van der Waals surface area contributed by atoms with E-state index in [1.807, 2.05) is 29.6 Å². The van der Waals surface area contributed by atoms with E-state index in [0.29, 0.717) is 6.61 Å². The number of hydrogen-bond donors (Lipinski definition) is 0. The number of benzene rings is 2. The van der Waals surface area contributed by atoms with Crippen LogP contribution in [0.4, 0.5) is 0 Å². The number of aryl methyl sites for hydroxylation is 1. The largest absolute Gasteiger partial charge is 0.489 e. The van der Waals surface area contributed by atoms with Crippen LogP contribution in [0.1, 0.15) is 58.6 Å². The van der Waals surface area contributed by atoms with Gasteiger partial charge in [-0.05, 0) is 60.4 Å². The molecule has 1 unspecified atom stereocenters. The number of likely N-dealkylation sites (tertiary alicyclic amines) is 1. The van der Waals surface area contributed by atoms with Gasteiger partial charge >= 0.3 is 0 Å². The fourth-order valence-electron chi connectivity index (χ4n) is 3.89. The van der Waals surface area contributed by atoms with Crippen LogP contribution in [0.15, 0.2) is 66.0 Å². The van der Waals surface area contributed by atoms with Crippen LogP contribution in [0.2, 0.25) is 0 Å². The van der Waals surface area contributed by atoms with Crippen molar-refractivity contribution in [3.8, 4) is 5.75 Å². The first kappa shape index (κ1) is 19.7. The second kappa shape index (κ2) is 9.27. The number of rotatable bonds is 6. The number of carbonyl (C=O) groups excluding carboxylic acids is 1. The van der Waals surface area contributed by atoms with Crippen molar-refractivity contribution in [2.75, 3.05) is 6.54 Å². The maximum Gasteiger partial charge on any atom is 0.264 e. The number of nitrogens with zero attached hydrogens (tertiary/aromatic N) is 1. The highest BCUT2D eigenvalue weighted by molar-refractivity contribution is 7.12. The van der Waals surface area contributed by atoms with Gasteiger partial charge in [0.15, 0.2) is 0 Å². The van der Waals surface area contributed by atoms with Gasteiger partial charge in [-0.2, -0.15) is 0 Å². The molecule has 3 nitrogen and oxygen atoms in total. The minimum atomic E-state index is 0.141. The van der Waals surface area contributed by atoms with Crippen molar-refractivity contribution in [1.82, 2.24) is 4.90 Å². The van der Waals surface area contributed by atoms with Crippen molar-refractivity contribution in [2.45, 2.75) is 45.3 Å². The summed E-state index contributed by atoms with van der Waals surface area (Å²) in [7, 11) is 0. The van der Waals surface area contributed by atoms with Crippen molar-refractivity contribution in [3.63, 3.8) is 0 Å². The molecule has 1 aliphatic rings. The molecule has 150 valence electrons. The third-order valence-electron chi connectivity index (χ3n) is 5.55. The number of ether oxygens (including phenoxy) is 1. The molecular formula is C25H27NO2S. The Balaban J connectivity index is 1.42. The highest BCUT2D eigenvalue weighted by Gasteiger charge is 2.29. The highest BCUT2D eigenvalue weighted by Crippen LogP contribution is 2.33. The monoisotopic (exact) mass is 405 g/mol. The standard InChI is InChI=1S/C25H27NO2S/c1-2-19-11-13-22(14-12-19)28-17-20-16-24(29-18-20)25(27)26-15-7-6-10-23(26)21-8-4-3-5-9-21/h3-5,8-9,11-14,16,18,23H,2,6-7,10,15,17H2,1H3. The van der Waals surface area contributed by atoms with Gasteiger partial charge in [0, 0.05) is 12.1 Å². The third-order valence-corrected chi connectivity index (χ3v) is 6.52. The quantitative estimate of drug-likeness (QED) is 0.485. The Morgan fingerprint density at radius 1 is 1.07 bits per heavy atom. The number of piperidine rings is 1. The molecule has 0 saturated carbocycles. The van der Waals surface area contributed by atoms with Crippen molar-refractivity contribution >= 4 is 17.2 Å². The second-order valence-electron chi connectivity index (χ2n) is 7.53. The Labute approximate surface area is 176 Å². The van der Waals surface area contributed by atoms with Gasteiger partial charge in [-0.15, -0.1) is 11.3 Å². The molecule has 1 atom stereocenters. The summed E-state index contributed by atoms with van der Waals surface area (Å²) in [5, 5.41) is 2.04. The minimum Gasteiger partial charge on any atom is -0.489 e. The number of thiophene rings is 1. The van der Waals surface area contributed by atoms with Crippen LogP contribution >= 0.6 is 11.3 Å². The van der Waals surface area contributed by atoms with Crippen molar-refractivity contribution < 1.29 is 9.53 Å². The Bertz CT molecular complexity index is 933. The summed E-state index contributed by atoms with van der Waals surface area (Å²) < 4.78 is 5.90. The molecule has 0 bridgehead atoms. The molecule has 1 amide bonds. The zero-order chi connectivity index (χ0) is 20.1.